The lowest BCUT2D eigenvalue weighted by Crippen LogP contribution is -2.25. The van der Waals surface area contributed by atoms with Gasteiger partial charge in [-0.3, -0.25) is 20.2 Å². The molecule has 3 rings (SSSR count). The van der Waals surface area contributed by atoms with E-state index in [1.807, 2.05) is 49.4 Å². The highest BCUT2D eigenvalue weighted by atomic mass is 16.6. The van der Waals surface area contributed by atoms with Gasteiger partial charge in [-0.15, -0.1) is 0 Å². The number of hydrogen-bond donors (Lipinski definition) is 1. The van der Waals surface area contributed by atoms with Crippen LogP contribution in [0.25, 0.3) is 0 Å². The van der Waals surface area contributed by atoms with Crippen LogP contribution in [0.4, 0.5) is 5.69 Å². The SMILES string of the molecule is COc1ccc(C(NC(C)c2ccc(OC(C)=O)cc2)c2cccc([N+](=O)[O-])c2)cc1. The van der Waals surface area contributed by atoms with Gasteiger partial charge in [0, 0.05) is 25.1 Å². The van der Waals surface area contributed by atoms with E-state index in [0.29, 0.717) is 5.75 Å². The van der Waals surface area contributed by atoms with Crippen LogP contribution in [-0.2, 0) is 4.79 Å². The highest BCUT2D eigenvalue weighted by Crippen LogP contribution is 2.30. The number of carbonyl (C=O) groups excluding carboxylic acids is 1. The molecule has 7 heteroatoms. The fourth-order valence-electron chi connectivity index (χ4n) is 3.34. The Balaban J connectivity index is 1.91. The highest BCUT2D eigenvalue weighted by Gasteiger charge is 2.20. The van der Waals surface area contributed by atoms with Gasteiger partial charge in [0.2, 0.25) is 0 Å². The van der Waals surface area contributed by atoms with Crippen molar-refractivity contribution in [1.29, 1.82) is 0 Å². The van der Waals surface area contributed by atoms with Gasteiger partial charge in [0.05, 0.1) is 18.1 Å². The minimum atomic E-state index is -0.397. The maximum Gasteiger partial charge on any atom is 0.308 e. The van der Waals surface area contributed by atoms with Crippen LogP contribution in [0.15, 0.2) is 72.8 Å². The van der Waals surface area contributed by atoms with Gasteiger partial charge in [-0.25, -0.2) is 0 Å². The summed E-state index contributed by atoms with van der Waals surface area (Å²) in [5.74, 6) is 0.841. The van der Waals surface area contributed by atoms with E-state index >= 15 is 0 Å². The summed E-state index contributed by atoms with van der Waals surface area (Å²) >= 11 is 0. The number of carbonyl (C=O) groups is 1. The van der Waals surface area contributed by atoms with E-state index in [0.717, 1.165) is 22.4 Å². The zero-order valence-electron chi connectivity index (χ0n) is 17.6. The number of benzene rings is 3. The maximum absolute atomic E-state index is 11.3. The van der Waals surface area contributed by atoms with Gasteiger partial charge in [0.15, 0.2) is 0 Å². The molecule has 3 aromatic rings. The molecule has 0 amide bonds. The molecule has 1 N–H and O–H groups in total. The molecule has 0 aliphatic carbocycles. The van der Waals surface area contributed by atoms with Crippen molar-refractivity contribution in [2.45, 2.75) is 25.9 Å². The summed E-state index contributed by atoms with van der Waals surface area (Å²) in [6.45, 7) is 3.37. The molecule has 0 bridgehead atoms. The largest absolute Gasteiger partial charge is 0.497 e. The van der Waals surface area contributed by atoms with Gasteiger partial charge < -0.3 is 9.47 Å². The molecule has 0 saturated heterocycles. The van der Waals surface area contributed by atoms with Crippen molar-refractivity contribution in [2.75, 3.05) is 7.11 Å². The van der Waals surface area contributed by atoms with Crippen molar-refractivity contribution in [3.05, 3.63) is 99.6 Å². The van der Waals surface area contributed by atoms with Crippen LogP contribution in [0.5, 0.6) is 11.5 Å². The average Bonchev–Trinajstić information content (AvgIpc) is 2.77. The normalized spacial score (nSPS) is 12.6. The Labute approximate surface area is 180 Å². The van der Waals surface area contributed by atoms with Crippen molar-refractivity contribution in [3.63, 3.8) is 0 Å². The topological polar surface area (TPSA) is 90.7 Å². The van der Waals surface area contributed by atoms with E-state index in [2.05, 4.69) is 5.32 Å². The van der Waals surface area contributed by atoms with Gasteiger partial charge in [-0.2, -0.15) is 0 Å². The Hall–Kier alpha value is -3.71. The lowest BCUT2D eigenvalue weighted by atomic mass is 9.96. The van der Waals surface area contributed by atoms with E-state index in [-0.39, 0.29) is 23.7 Å². The number of ether oxygens (including phenoxy) is 2. The number of nitro benzene ring substituents is 1. The molecule has 31 heavy (non-hydrogen) atoms. The first kappa shape index (κ1) is 22.0. The van der Waals surface area contributed by atoms with E-state index in [1.54, 1.807) is 31.4 Å². The van der Waals surface area contributed by atoms with E-state index < -0.39 is 4.92 Å². The second kappa shape index (κ2) is 9.86. The zero-order valence-corrected chi connectivity index (χ0v) is 17.6. The van der Waals surface area contributed by atoms with E-state index in [9.17, 15) is 14.9 Å². The first-order valence-electron chi connectivity index (χ1n) is 9.80. The number of nitro groups is 1. The van der Waals surface area contributed by atoms with Crippen LogP contribution >= 0.6 is 0 Å². The summed E-state index contributed by atoms with van der Waals surface area (Å²) < 4.78 is 10.3. The Kier molecular flexibility index (Phi) is 6.99. The van der Waals surface area contributed by atoms with Crippen molar-refractivity contribution < 1.29 is 19.2 Å². The summed E-state index contributed by atoms with van der Waals surface area (Å²) in [4.78, 5) is 22.0. The van der Waals surface area contributed by atoms with Crippen LogP contribution in [0.1, 0.15) is 42.6 Å². The molecule has 0 spiro atoms. The molecular formula is C24H24N2O5. The fraction of sp³-hybridized carbons (Fsp3) is 0.208. The zero-order chi connectivity index (χ0) is 22.4. The second-order valence-corrected chi connectivity index (χ2v) is 7.11. The molecule has 160 valence electrons. The summed E-state index contributed by atoms with van der Waals surface area (Å²) in [5.41, 5.74) is 2.75. The molecule has 2 atom stereocenters. The lowest BCUT2D eigenvalue weighted by Gasteiger charge is -2.25. The predicted octanol–water partition coefficient (Wildman–Crippen LogP) is 4.97. The molecule has 0 saturated carbocycles. The van der Waals surface area contributed by atoms with Crippen LogP contribution in [-0.4, -0.2) is 18.0 Å². The molecule has 2 unspecified atom stereocenters. The molecule has 0 heterocycles. The number of non-ortho nitro benzene ring substituents is 1. The number of rotatable bonds is 8. The third-order valence-corrected chi connectivity index (χ3v) is 4.92. The van der Waals surface area contributed by atoms with Gasteiger partial charge in [-0.1, -0.05) is 36.4 Å². The van der Waals surface area contributed by atoms with E-state index in [4.69, 9.17) is 9.47 Å². The number of nitrogens with zero attached hydrogens (tertiary/aromatic N) is 1. The smallest absolute Gasteiger partial charge is 0.308 e. The molecule has 7 nitrogen and oxygen atoms in total. The molecule has 0 fully saturated rings. The Bertz CT molecular complexity index is 1050. The standard InChI is InChI=1S/C24H24N2O5/c1-16(18-7-13-23(14-8-18)31-17(2)27)25-24(19-9-11-22(30-3)12-10-19)20-5-4-6-21(15-20)26(28)29/h4-16,24-25H,1-3H3. The van der Waals surface area contributed by atoms with Crippen LogP contribution in [0.3, 0.4) is 0 Å². The van der Waals surface area contributed by atoms with Gasteiger partial charge in [-0.05, 0) is 47.9 Å². The summed E-state index contributed by atoms with van der Waals surface area (Å²) in [5, 5.41) is 14.8. The van der Waals surface area contributed by atoms with Crippen LogP contribution in [0.2, 0.25) is 0 Å². The van der Waals surface area contributed by atoms with Crippen molar-refractivity contribution in [1.82, 2.24) is 5.32 Å². The van der Waals surface area contributed by atoms with Gasteiger partial charge in [0.1, 0.15) is 11.5 Å². The molecule has 3 aromatic carbocycles. The number of nitrogens with one attached hydrogen (secondary N) is 1. The first-order chi connectivity index (χ1) is 14.9. The number of hydrogen-bond acceptors (Lipinski definition) is 6. The van der Waals surface area contributed by atoms with Gasteiger partial charge in [0.25, 0.3) is 5.69 Å². The van der Waals surface area contributed by atoms with Crippen molar-refractivity contribution >= 4 is 11.7 Å². The number of esters is 1. The third-order valence-electron chi connectivity index (χ3n) is 4.92. The summed E-state index contributed by atoms with van der Waals surface area (Å²) in [6, 6.07) is 21.1. The minimum Gasteiger partial charge on any atom is -0.497 e. The van der Waals surface area contributed by atoms with Crippen LogP contribution < -0.4 is 14.8 Å². The third kappa shape index (κ3) is 5.67. The molecule has 0 aliphatic heterocycles. The quantitative estimate of drug-likeness (QED) is 0.239. The van der Waals surface area contributed by atoms with Crippen molar-refractivity contribution in [2.24, 2.45) is 0 Å². The predicted molar refractivity (Wildman–Crippen MR) is 117 cm³/mol. The Morgan fingerprint density at radius 1 is 0.935 bits per heavy atom. The minimum absolute atomic E-state index is 0.0381. The fourth-order valence-corrected chi connectivity index (χ4v) is 3.34. The highest BCUT2D eigenvalue weighted by molar-refractivity contribution is 5.69. The molecule has 0 aliphatic rings. The molecule has 0 radical (unpaired) electrons. The maximum atomic E-state index is 11.3. The first-order valence-corrected chi connectivity index (χ1v) is 9.80. The molecule has 0 aromatic heterocycles. The van der Waals surface area contributed by atoms with E-state index in [1.165, 1.54) is 13.0 Å². The summed E-state index contributed by atoms with van der Waals surface area (Å²) in [6.07, 6.45) is 0. The van der Waals surface area contributed by atoms with Crippen LogP contribution in [0, 0.1) is 10.1 Å². The molecular weight excluding hydrogens is 396 g/mol. The van der Waals surface area contributed by atoms with Crippen molar-refractivity contribution in [3.8, 4) is 11.5 Å². The monoisotopic (exact) mass is 420 g/mol. The average molecular weight is 420 g/mol. The Morgan fingerprint density at radius 2 is 1.55 bits per heavy atom. The Morgan fingerprint density at radius 3 is 2.13 bits per heavy atom. The van der Waals surface area contributed by atoms with Gasteiger partial charge >= 0.3 is 5.97 Å². The number of methoxy groups -OCH3 is 1. The second-order valence-electron chi connectivity index (χ2n) is 7.11. The summed E-state index contributed by atoms with van der Waals surface area (Å²) in [7, 11) is 1.60. The lowest BCUT2D eigenvalue weighted by molar-refractivity contribution is -0.384.